The molecule has 5 heteroatoms. The number of hydrogen-bond acceptors (Lipinski definition) is 5. The van der Waals surface area contributed by atoms with Gasteiger partial charge in [-0.15, -0.1) is 0 Å². The number of nitrogens with one attached hydrogen (secondary N) is 1. The third-order valence-electron chi connectivity index (χ3n) is 5.63. The van der Waals surface area contributed by atoms with Crippen LogP contribution in [0.1, 0.15) is 34.3 Å². The van der Waals surface area contributed by atoms with E-state index in [4.69, 9.17) is 0 Å². The quantitative estimate of drug-likeness (QED) is 0.352. The number of aromatic hydroxyl groups is 4. The Labute approximate surface area is 167 Å². The first kappa shape index (κ1) is 17.4. The van der Waals surface area contributed by atoms with Crippen molar-refractivity contribution >= 4 is 10.8 Å². The van der Waals surface area contributed by atoms with Gasteiger partial charge < -0.3 is 20.4 Å². The molecule has 2 atom stereocenters. The molecule has 5 rings (SSSR count). The second-order valence-electron chi connectivity index (χ2n) is 7.25. The number of rotatable bonds is 2. The van der Waals surface area contributed by atoms with Crippen LogP contribution in [0.2, 0.25) is 0 Å². The first-order valence-electron chi connectivity index (χ1n) is 9.35. The molecule has 5 N–H and O–H groups in total. The fraction of sp³-hybridized carbons (Fsp3) is 0.0833. The van der Waals surface area contributed by atoms with E-state index < -0.39 is 12.1 Å². The van der Waals surface area contributed by atoms with E-state index in [1.807, 2.05) is 12.1 Å². The summed E-state index contributed by atoms with van der Waals surface area (Å²) in [6, 6.07) is 19.6. The van der Waals surface area contributed by atoms with Crippen LogP contribution in [0, 0.1) is 0 Å². The minimum absolute atomic E-state index is 0.0702. The van der Waals surface area contributed by atoms with Crippen molar-refractivity contribution in [3.05, 3.63) is 95.1 Å². The molecule has 0 fully saturated rings. The van der Waals surface area contributed by atoms with Crippen LogP contribution < -0.4 is 5.32 Å². The topological polar surface area (TPSA) is 93.0 Å². The van der Waals surface area contributed by atoms with Gasteiger partial charge in [-0.1, -0.05) is 48.5 Å². The van der Waals surface area contributed by atoms with E-state index in [0.717, 1.165) is 5.39 Å². The summed E-state index contributed by atoms with van der Waals surface area (Å²) in [5, 5.41) is 47.5. The second kappa shape index (κ2) is 6.43. The van der Waals surface area contributed by atoms with Crippen molar-refractivity contribution in [3.8, 4) is 23.0 Å². The van der Waals surface area contributed by atoms with Gasteiger partial charge in [0, 0.05) is 22.3 Å². The van der Waals surface area contributed by atoms with Gasteiger partial charge in [-0.3, -0.25) is 5.32 Å². The van der Waals surface area contributed by atoms with Gasteiger partial charge in [-0.05, 0) is 35.0 Å². The van der Waals surface area contributed by atoms with Gasteiger partial charge in [0.15, 0.2) is 0 Å². The molecule has 29 heavy (non-hydrogen) atoms. The van der Waals surface area contributed by atoms with E-state index in [0.29, 0.717) is 27.6 Å². The van der Waals surface area contributed by atoms with Crippen LogP contribution in [0.15, 0.2) is 72.8 Å². The van der Waals surface area contributed by atoms with Crippen molar-refractivity contribution in [2.24, 2.45) is 0 Å². The Bertz CT molecular complexity index is 1160. The summed E-state index contributed by atoms with van der Waals surface area (Å²) >= 11 is 0. The van der Waals surface area contributed by atoms with Crippen molar-refractivity contribution in [3.63, 3.8) is 0 Å². The Kier molecular flexibility index (Phi) is 3.86. The summed E-state index contributed by atoms with van der Waals surface area (Å²) in [6.45, 7) is 0. The van der Waals surface area contributed by atoms with Crippen molar-refractivity contribution in [2.75, 3.05) is 0 Å². The van der Waals surface area contributed by atoms with E-state index in [-0.39, 0.29) is 23.0 Å². The van der Waals surface area contributed by atoms with Crippen LogP contribution in [0.5, 0.6) is 23.0 Å². The van der Waals surface area contributed by atoms with E-state index in [1.54, 1.807) is 60.7 Å². The van der Waals surface area contributed by atoms with Gasteiger partial charge in [0.1, 0.15) is 23.0 Å². The molecule has 0 amide bonds. The van der Waals surface area contributed by atoms with Crippen LogP contribution in [0.4, 0.5) is 0 Å². The van der Waals surface area contributed by atoms with Gasteiger partial charge >= 0.3 is 0 Å². The van der Waals surface area contributed by atoms with Crippen molar-refractivity contribution in [1.82, 2.24) is 5.32 Å². The average Bonchev–Trinajstić information content (AvgIpc) is 2.72. The first-order chi connectivity index (χ1) is 14.1. The van der Waals surface area contributed by atoms with E-state index in [1.165, 1.54) is 0 Å². The van der Waals surface area contributed by atoms with E-state index in [2.05, 4.69) is 5.32 Å². The number of para-hydroxylation sites is 2. The monoisotopic (exact) mass is 385 g/mol. The molecule has 1 heterocycles. The molecule has 0 aromatic heterocycles. The van der Waals surface area contributed by atoms with Crippen LogP contribution in [-0.4, -0.2) is 20.4 Å². The summed E-state index contributed by atoms with van der Waals surface area (Å²) < 4.78 is 0. The third-order valence-corrected chi connectivity index (χ3v) is 5.63. The van der Waals surface area contributed by atoms with Crippen LogP contribution in [-0.2, 0) is 0 Å². The predicted molar refractivity (Wildman–Crippen MR) is 110 cm³/mol. The Morgan fingerprint density at radius 1 is 0.517 bits per heavy atom. The highest BCUT2D eigenvalue weighted by Gasteiger charge is 2.35. The molecule has 1 aliphatic heterocycles. The Morgan fingerprint density at radius 3 is 1.41 bits per heavy atom. The SMILES string of the molecule is Oc1ccccc1[C@H]1N[C@@H](c2ccccc2O)c2c(O)ccc3ccc(O)c1c23. The van der Waals surface area contributed by atoms with Gasteiger partial charge in [0.2, 0.25) is 0 Å². The van der Waals surface area contributed by atoms with E-state index in [9.17, 15) is 20.4 Å². The Hall–Kier alpha value is -3.70. The number of benzene rings is 4. The fourth-order valence-corrected chi connectivity index (χ4v) is 4.32. The molecule has 0 unspecified atom stereocenters. The minimum atomic E-state index is -0.543. The molecule has 5 nitrogen and oxygen atoms in total. The molecule has 4 aromatic rings. The lowest BCUT2D eigenvalue weighted by molar-refractivity contribution is 0.412. The molecule has 0 aliphatic carbocycles. The van der Waals surface area contributed by atoms with Gasteiger partial charge in [-0.25, -0.2) is 0 Å². The van der Waals surface area contributed by atoms with Crippen LogP contribution in [0.25, 0.3) is 10.8 Å². The molecule has 0 radical (unpaired) electrons. The summed E-state index contributed by atoms with van der Waals surface area (Å²) in [4.78, 5) is 0. The standard InChI is InChI=1S/C24H19NO4/c26-16-7-3-1-5-14(16)23-21-18(28)11-9-13-10-12-19(29)22(20(13)21)24(25-23)15-6-2-4-8-17(15)27/h1-12,23-29H/t23-,24+. The lowest BCUT2D eigenvalue weighted by Crippen LogP contribution is -2.32. The largest absolute Gasteiger partial charge is 0.508 e. The summed E-state index contributed by atoms with van der Waals surface area (Å²) in [5.41, 5.74) is 2.37. The van der Waals surface area contributed by atoms with Gasteiger partial charge in [0.05, 0.1) is 12.1 Å². The molecule has 1 aliphatic rings. The maximum Gasteiger partial charge on any atom is 0.121 e. The molecule has 144 valence electrons. The minimum Gasteiger partial charge on any atom is -0.508 e. The zero-order valence-electron chi connectivity index (χ0n) is 15.4. The molecular weight excluding hydrogens is 366 g/mol. The Morgan fingerprint density at radius 2 is 0.966 bits per heavy atom. The third kappa shape index (κ3) is 2.59. The summed E-state index contributed by atoms with van der Waals surface area (Å²) in [7, 11) is 0. The Balaban J connectivity index is 1.88. The molecule has 0 bridgehead atoms. The molecular formula is C24H19NO4. The summed E-state index contributed by atoms with van der Waals surface area (Å²) in [6.07, 6.45) is 0. The van der Waals surface area contributed by atoms with E-state index >= 15 is 0 Å². The van der Waals surface area contributed by atoms with Crippen LogP contribution in [0.3, 0.4) is 0 Å². The number of hydrogen-bond donors (Lipinski definition) is 5. The normalized spacial score (nSPS) is 18.1. The molecule has 0 saturated heterocycles. The summed E-state index contributed by atoms with van der Waals surface area (Å²) in [5.74, 6) is 0.337. The van der Waals surface area contributed by atoms with Gasteiger partial charge in [0.25, 0.3) is 0 Å². The first-order valence-corrected chi connectivity index (χ1v) is 9.35. The second-order valence-corrected chi connectivity index (χ2v) is 7.25. The predicted octanol–water partition coefficient (Wildman–Crippen LogP) is 4.44. The van der Waals surface area contributed by atoms with Crippen molar-refractivity contribution in [1.29, 1.82) is 0 Å². The average molecular weight is 385 g/mol. The number of phenols is 4. The molecule has 0 saturated carbocycles. The van der Waals surface area contributed by atoms with Crippen LogP contribution >= 0.6 is 0 Å². The van der Waals surface area contributed by atoms with Crippen molar-refractivity contribution < 1.29 is 20.4 Å². The zero-order valence-corrected chi connectivity index (χ0v) is 15.4. The maximum absolute atomic E-state index is 10.7. The zero-order chi connectivity index (χ0) is 20.1. The lowest BCUT2D eigenvalue weighted by Gasteiger charge is -2.35. The smallest absolute Gasteiger partial charge is 0.121 e. The highest BCUT2D eigenvalue weighted by molar-refractivity contribution is 5.95. The number of phenolic OH excluding ortho intramolecular Hbond substituents is 4. The lowest BCUT2D eigenvalue weighted by atomic mass is 9.81. The molecule has 4 aromatic carbocycles. The van der Waals surface area contributed by atoms with Gasteiger partial charge in [-0.2, -0.15) is 0 Å². The van der Waals surface area contributed by atoms with Crippen molar-refractivity contribution in [2.45, 2.75) is 12.1 Å². The highest BCUT2D eigenvalue weighted by Crippen LogP contribution is 2.50. The highest BCUT2D eigenvalue weighted by atomic mass is 16.3. The molecule has 0 spiro atoms. The maximum atomic E-state index is 10.7. The fourth-order valence-electron chi connectivity index (χ4n) is 4.32.